The molecule has 0 radical (unpaired) electrons. The molecule has 0 aliphatic carbocycles. The van der Waals surface area contributed by atoms with Crippen molar-refractivity contribution in [1.82, 2.24) is 15.2 Å². The average Bonchev–Trinajstić information content (AvgIpc) is 2.68. The van der Waals surface area contributed by atoms with E-state index >= 15 is 0 Å². The van der Waals surface area contributed by atoms with Crippen LogP contribution in [0.3, 0.4) is 0 Å². The molecule has 5 nitrogen and oxygen atoms in total. The summed E-state index contributed by atoms with van der Waals surface area (Å²) in [5, 5.41) is 3.00. The lowest BCUT2D eigenvalue weighted by molar-refractivity contribution is 0.0950. The number of hydrogen-bond acceptors (Lipinski definition) is 4. The first-order valence-corrected chi connectivity index (χ1v) is 9.34. The fraction of sp³-hybridized carbons (Fsp3) is 0.429. The summed E-state index contributed by atoms with van der Waals surface area (Å²) in [6.45, 7) is 12.0. The highest BCUT2D eigenvalue weighted by molar-refractivity contribution is 5.95. The van der Waals surface area contributed by atoms with Crippen molar-refractivity contribution in [3.63, 3.8) is 0 Å². The molecule has 0 unspecified atom stereocenters. The fourth-order valence-electron chi connectivity index (χ4n) is 3.26. The van der Waals surface area contributed by atoms with E-state index in [2.05, 4.69) is 39.2 Å². The molecule has 1 amide bonds. The molecular weight excluding hydrogens is 324 g/mol. The van der Waals surface area contributed by atoms with Crippen LogP contribution in [0.1, 0.15) is 34.0 Å². The number of amides is 1. The van der Waals surface area contributed by atoms with E-state index in [0.717, 1.165) is 60.8 Å². The number of likely N-dealkylation sites (N-methyl/N-ethyl adjacent to an activating group) is 1. The number of aromatic nitrogens is 1. The van der Waals surface area contributed by atoms with Crippen LogP contribution in [-0.4, -0.2) is 48.5 Å². The number of pyridine rings is 1. The second kappa shape index (κ2) is 8.32. The van der Waals surface area contributed by atoms with Crippen molar-refractivity contribution in [1.29, 1.82) is 0 Å². The van der Waals surface area contributed by atoms with Crippen LogP contribution in [0.5, 0.6) is 0 Å². The number of nitrogens with one attached hydrogen (secondary N) is 1. The first-order chi connectivity index (χ1) is 12.6. The Kier molecular flexibility index (Phi) is 5.89. The second-order valence-corrected chi connectivity index (χ2v) is 6.95. The number of benzene rings is 1. The zero-order valence-electron chi connectivity index (χ0n) is 16.0. The number of carbonyl (C=O) groups excluding carboxylic acids is 1. The quantitative estimate of drug-likeness (QED) is 0.899. The van der Waals surface area contributed by atoms with Crippen LogP contribution in [0.4, 0.5) is 5.82 Å². The molecule has 5 heteroatoms. The zero-order valence-corrected chi connectivity index (χ0v) is 16.0. The van der Waals surface area contributed by atoms with Gasteiger partial charge in [-0.3, -0.25) is 4.79 Å². The maximum atomic E-state index is 12.4. The smallest absolute Gasteiger partial charge is 0.251 e. The summed E-state index contributed by atoms with van der Waals surface area (Å²) in [6.07, 6.45) is 1.87. The normalized spacial score (nSPS) is 15.1. The molecule has 0 spiro atoms. The van der Waals surface area contributed by atoms with Gasteiger partial charge in [-0.2, -0.15) is 0 Å². The summed E-state index contributed by atoms with van der Waals surface area (Å²) < 4.78 is 0. The molecule has 3 rings (SSSR count). The minimum absolute atomic E-state index is 0.0361. The van der Waals surface area contributed by atoms with Gasteiger partial charge in [0.15, 0.2) is 0 Å². The van der Waals surface area contributed by atoms with Gasteiger partial charge in [0.2, 0.25) is 0 Å². The van der Waals surface area contributed by atoms with Crippen LogP contribution in [0.15, 0.2) is 36.5 Å². The Morgan fingerprint density at radius 2 is 1.88 bits per heavy atom. The van der Waals surface area contributed by atoms with Crippen LogP contribution >= 0.6 is 0 Å². The van der Waals surface area contributed by atoms with Gasteiger partial charge in [-0.25, -0.2) is 4.98 Å². The highest BCUT2D eigenvalue weighted by Gasteiger charge is 2.16. The Morgan fingerprint density at radius 3 is 2.54 bits per heavy atom. The third-order valence-electron chi connectivity index (χ3n) is 5.04. The Labute approximate surface area is 156 Å². The van der Waals surface area contributed by atoms with Crippen molar-refractivity contribution in [2.45, 2.75) is 27.3 Å². The van der Waals surface area contributed by atoms with E-state index in [1.807, 2.05) is 38.2 Å². The van der Waals surface area contributed by atoms with Crippen LogP contribution in [0, 0.1) is 13.8 Å². The fourth-order valence-corrected chi connectivity index (χ4v) is 3.26. The molecule has 2 aromatic rings. The minimum Gasteiger partial charge on any atom is -0.354 e. The topological polar surface area (TPSA) is 48.5 Å². The molecule has 1 aromatic heterocycles. The maximum Gasteiger partial charge on any atom is 0.251 e. The van der Waals surface area contributed by atoms with Gasteiger partial charge in [-0.1, -0.05) is 30.7 Å². The minimum atomic E-state index is -0.0361. The molecule has 1 fully saturated rings. The Morgan fingerprint density at radius 1 is 1.12 bits per heavy atom. The summed E-state index contributed by atoms with van der Waals surface area (Å²) in [5.41, 5.74) is 3.84. The van der Waals surface area contributed by atoms with Crippen molar-refractivity contribution in [2.75, 3.05) is 37.6 Å². The van der Waals surface area contributed by atoms with Gasteiger partial charge in [0, 0.05) is 44.5 Å². The van der Waals surface area contributed by atoms with Gasteiger partial charge < -0.3 is 15.1 Å². The maximum absolute atomic E-state index is 12.4. The number of hydrogen-bond donors (Lipinski definition) is 1. The van der Waals surface area contributed by atoms with Crippen LogP contribution < -0.4 is 10.2 Å². The zero-order chi connectivity index (χ0) is 18.5. The van der Waals surface area contributed by atoms with E-state index in [0.29, 0.717) is 6.54 Å². The SMILES string of the molecule is CCN1CCN(c2ccc(CNC(=O)c3cc(C)ccc3C)cn2)CC1. The lowest BCUT2D eigenvalue weighted by atomic mass is 10.1. The molecular formula is C21H28N4O. The Balaban J connectivity index is 1.56. The predicted octanol–water partition coefficient (Wildman–Crippen LogP) is 2.77. The first kappa shape index (κ1) is 18.4. The first-order valence-electron chi connectivity index (χ1n) is 9.34. The van der Waals surface area contributed by atoms with E-state index < -0.39 is 0 Å². The summed E-state index contributed by atoms with van der Waals surface area (Å²) >= 11 is 0. The second-order valence-electron chi connectivity index (χ2n) is 6.95. The van der Waals surface area contributed by atoms with E-state index in [4.69, 9.17) is 0 Å². The number of aryl methyl sites for hydroxylation is 2. The lowest BCUT2D eigenvalue weighted by Crippen LogP contribution is -2.46. The van der Waals surface area contributed by atoms with Gasteiger partial charge in [0.05, 0.1) is 0 Å². The van der Waals surface area contributed by atoms with E-state index in [9.17, 15) is 4.79 Å². The highest BCUT2D eigenvalue weighted by Crippen LogP contribution is 2.15. The number of carbonyl (C=O) groups is 1. The molecule has 0 saturated carbocycles. The molecule has 1 aliphatic rings. The molecule has 1 aromatic carbocycles. The van der Waals surface area contributed by atoms with Gasteiger partial charge in [-0.05, 0) is 43.7 Å². The van der Waals surface area contributed by atoms with Crippen molar-refractivity contribution in [2.24, 2.45) is 0 Å². The van der Waals surface area contributed by atoms with Crippen molar-refractivity contribution >= 4 is 11.7 Å². The number of nitrogens with zero attached hydrogens (tertiary/aromatic N) is 3. The monoisotopic (exact) mass is 352 g/mol. The molecule has 2 heterocycles. The predicted molar refractivity (Wildman–Crippen MR) is 106 cm³/mol. The number of piperazine rings is 1. The molecule has 1 saturated heterocycles. The third kappa shape index (κ3) is 4.41. The Hall–Kier alpha value is -2.40. The van der Waals surface area contributed by atoms with Crippen molar-refractivity contribution < 1.29 is 4.79 Å². The number of rotatable bonds is 5. The summed E-state index contributed by atoms with van der Waals surface area (Å²) in [6, 6.07) is 10.1. The van der Waals surface area contributed by atoms with Crippen LogP contribution in [0.25, 0.3) is 0 Å². The third-order valence-corrected chi connectivity index (χ3v) is 5.04. The van der Waals surface area contributed by atoms with Crippen molar-refractivity contribution in [3.05, 3.63) is 58.8 Å². The van der Waals surface area contributed by atoms with E-state index in [-0.39, 0.29) is 5.91 Å². The van der Waals surface area contributed by atoms with E-state index in [1.165, 1.54) is 0 Å². The van der Waals surface area contributed by atoms with Gasteiger partial charge in [-0.15, -0.1) is 0 Å². The largest absolute Gasteiger partial charge is 0.354 e. The van der Waals surface area contributed by atoms with Crippen LogP contribution in [0.2, 0.25) is 0 Å². The van der Waals surface area contributed by atoms with Crippen molar-refractivity contribution in [3.8, 4) is 0 Å². The highest BCUT2D eigenvalue weighted by atomic mass is 16.1. The lowest BCUT2D eigenvalue weighted by Gasteiger charge is -2.34. The number of anilines is 1. The summed E-state index contributed by atoms with van der Waals surface area (Å²) in [7, 11) is 0. The van der Waals surface area contributed by atoms with E-state index in [1.54, 1.807) is 0 Å². The van der Waals surface area contributed by atoms with Gasteiger partial charge >= 0.3 is 0 Å². The Bertz CT molecular complexity index is 749. The molecule has 26 heavy (non-hydrogen) atoms. The molecule has 1 N–H and O–H groups in total. The average molecular weight is 352 g/mol. The molecule has 0 atom stereocenters. The summed E-state index contributed by atoms with van der Waals surface area (Å²) in [5.74, 6) is 0.983. The molecule has 0 bridgehead atoms. The summed E-state index contributed by atoms with van der Waals surface area (Å²) in [4.78, 5) is 21.8. The molecule has 1 aliphatic heterocycles. The van der Waals surface area contributed by atoms with Crippen LogP contribution in [-0.2, 0) is 6.54 Å². The molecule has 138 valence electrons. The van der Waals surface area contributed by atoms with Gasteiger partial charge in [0.25, 0.3) is 5.91 Å². The van der Waals surface area contributed by atoms with Gasteiger partial charge in [0.1, 0.15) is 5.82 Å². The standard InChI is InChI=1S/C21H28N4O/c1-4-24-9-11-25(12-10-24)20-8-7-18(14-22-20)15-23-21(26)19-13-16(2)5-6-17(19)3/h5-8,13-14H,4,9-12,15H2,1-3H3,(H,23,26).